The van der Waals surface area contributed by atoms with Gasteiger partial charge in [-0.3, -0.25) is 14.4 Å². The molecule has 0 bridgehead atoms. The molecule has 12 nitrogen and oxygen atoms in total. The lowest BCUT2D eigenvalue weighted by atomic mass is 9.80. The molecule has 12 heteroatoms. The number of rotatable bonds is 8. The summed E-state index contributed by atoms with van der Waals surface area (Å²) in [5, 5.41) is 2.70. The van der Waals surface area contributed by atoms with Crippen LogP contribution in [0, 0.1) is 5.92 Å². The maximum atomic E-state index is 13.1. The van der Waals surface area contributed by atoms with Crippen molar-refractivity contribution in [3.8, 4) is 11.1 Å². The van der Waals surface area contributed by atoms with Gasteiger partial charge in [-0.2, -0.15) is 0 Å². The van der Waals surface area contributed by atoms with E-state index in [1.807, 2.05) is 48.5 Å². The van der Waals surface area contributed by atoms with E-state index in [0.29, 0.717) is 12.0 Å². The minimum Gasteiger partial charge on any atom is -0.456 e. The summed E-state index contributed by atoms with van der Waals surface area (Å²) in [7, 11) is 0. The van der Waals surface area contributed by atoms with Gasteiger partial charge in [-0.15, -0.1) is 0 Å². The lowest BCUT2D eigenvalue weighted by Crippen LogP contribution is -2.64. The molecule has 0 unspecified atom stereocenters. The lowest BCUT2D eigenvalue weighted by molar-refractivity contribution is -0.252. The van der Waals surface area contributed by atoms with Crippen molar-refractivity contribution in [2.24, 2.45) is 5.92 Å². The molecule has 1 N–H and O–H groups in total. The zero-order valence-corrected chi connectivity index (χ0v) is 26.1. The average Bonchev–Trinajstić information content (AvgIpc) is 3.56. The normalized spacial score (nSPS) is 27.3. The Morgan fingerprint density at radius 3 is 2.06 bits per heavy atom. The van der Waals surface area contributed by atoms with Crippen LogP contribution >= 0.6 is 0 Å². The fourth-order valence-electron chi connectivity index (χ4n) is 6.89. The van der Waals surface area contributed by atoms with E-state index in [0.717, 1.165) is 22.3 Å². The highest BCUT2D eigenvalue weighted by molar-refractivity contribution is 5.87. The van der Waals surface area contributed by atoms with E-state index in [2.05, 4.69) is 5.32 Å². The summed E-state index contributed by atoms with van der Waals surface area (Å²) < 4.78 is 34.4. The van der Waals surface area contributed by atoms with Gasteiger partial charge in [0.15, 0.2) is 18.3 Å². The fraction of sp³-hybridized carbons (Fsp3) is 0.400. The van der Waals surface area contributed by atoms with Gasteiger partial charge in [0.1, 0.15) is 24.9 Å². The number of amides is 1. The molecule has 2 aliphatic heterocycles. The molecule has 1 amide bonds. The van der Waals surface area contributed by atoms with Gasteiger partial charge >= 0.3 is 30.0 Å². The third kappa shape index (κ3) is 6.78. The summed E-state index contributed by atoms with van der Waals surface area (Å²) in [6, 6.07) is 15.9. The van der Waals surface area contributed by atoms with Gasteiger partial charge < -0.3 is 33.7 Å². The second-order valence-corrected chi connectivity index (χ2v) is 11.9. The topological polar surface area (TPSA) is 153 Å². The number of carbonyl (C=O) groups is 5. The zero-order chi connectivity index (χ0) is 33.2. The SMILES string of the molecule is CC(=O)O[C@@H]1[C@@H](OC(C)=O)[C@@H](OC(C)=O)[C@@H](CNC(=O)OCC2c3ccccc3-c3ccccc32)O[C@H]1[C@@H]1C=CC2=CC(=O)O[C@@H]2C1. The van der Waals surface area contributed by atoms with Crippen LogP contribution in [-0.2, 0) is 47.6 Å². The molecule has 0 aromatic heterocycles. The highest BCUT2D eigenvalue weighted by Crippen LogP contribution is 2.44. The third-order valence-corrected chi connectivity index (χ3v) is 8.73. The van der Waals surface area contributed by atoms with Crippen LogP contribution in [0.25, 0.3) is 11.1 Å². The molecule has 2 aromatic rings. The maximum absolute atomic E-state index is 13.1. The zero-order valence-electron chi connectivity index (χ0n) is 26.1. The number of ether oxygens (including phenoxy) is 6. The first-order valence-electron chi connectivity index (χ1n) is 15.5. The fourth-order valence-corrected chi connectivity index (χ4v) is 6.89. The van der Waals surface area contributed by atoms with Crippen molar-refractivity contribution >= 4 is 30.0 Å². The van der Waals surface area contributed by atoms with Crippen molar-refractivity contribution in [3.63, 3.8) is 0 Å². The summed E-state index contributed by atoms with van der Waals surface area (Å²) in [5.41, 5.74) is 5.00. The Kier molecular flexibility index (Phi) is 9.12. The molecule has 4 aliphatic rings. The predicted molar refractivity (Wildman–Crippen MR) is 164 cm³/mol. The summed E-state index contributed by atoms with van der Waals surface area (Å²) in [4.78, 5) is 61.8. The number of fused-ring (bicyclic) bond motifs is 4. The summed E-state index contributed by atoms with van der Waals surface area (Å²) in [6.07, 6.45) is -1.71. The number of hydrogen-bond donors (Lipinski definition) is 1. The Labute approximate surface area is 271 Å². The van der Waals surface area contributed by atoms with Crippen molar-refractivity contribution in [2.75, 3.05) is 13.2 Å². The Morgan fingerprint density at radius 1 is 0.830 bits per heavy atom. The first kappa shape index (κ1) is 32.0. The number of nitrogens with one attached hydrogen (secondary N) is 1. The van der Waals surface area contributed by atoms with Gasteiger partial charge in [0.05, 0.1) is 6.54 Å². The van der Waals surface area contributed by atoms with E-state index in [1.54, 1.807) is 12.2 Å². The Hall–Kier alpha value is -4.97. The Morgan fingerprint density at radius 2 is 1.43 bits per heavy atom. The third-order valence-electron chi connectivity index (χ3n) is 8.73. The minimum absolute atomic E-state index is 0.0782. The highest BCUT2D eigenvalue weighted by Gasteiger charge is 2.54. The standard InChI is InChI=1S/C35H35NO11/c1-18(37)43-32-29(16-36-35(41)42-17-27-25-10-6-4-8-23(25)24-9-5-7-11-26(24)27)47-31(33(44-19(2)38)34(32)45-20(3)39)22-13-12-21-15-30(40)46-28(21)14-22/h4-13,15,22,27-29,31-34H,14,16-17H2,1-3H3,(H,36,41)/t22-,28-,29-,31+,32+,33+,34+/m1/s1. The molecule has 7 atom stereocenters. The molecule has 2 aliphatic carbocycles. The van der Waals surface area contributed by atoms with Crippen LogP contribution in [0.15, 0.2) is 72.3 Å². The van der Waals surface area contributed by atoms with Gasteiger partial charge in [-0.25, -0.2) is 9.59 Å². The molecule has 0 spiro atoms. The van der Waals surface area contributed by atoms with E-state index >= 15 is 0 Å². The lowest BCUT2D eigenvalue weighted by Gasteiger charge is -2.47. The number of carbonyl (C=O) groups excluding carboxylic acids is 5. The van der Waals surface area contributed by atoms with Crippen molar-refractivity contribution in [1.29, 1.82) is 0 Å². The van der Waals surface area contributed by atoms with Crippen molar-refractivity contribution < 1.29 is 52.4 Å². The van der Waals surface area contributed by atoms with Crippen LogP contribution < -0.4 is 5.32 Å². The van der Waals surface area contributed by atoms with Gasteiger partial charge in [-0.05, 0) is 34.2 Å². The second kappa shape index (κ2) is 13.4. The van der Waals surface area contributed by atoms with Crippen LogP contribution in [0.2, 0.25) is 0 Å². The Bertz CT molecular complexity index is 1600. The number of alkyl carbamates (subject to hydrolysis) is 1. The Balaban J connectivity index is 1.21. The van der Waals surface area contributed by atoms with Crippen molar-refractivity contribution in [3.05, 3.63) is 83.5 Å². The van der Waals surface area contributed by atoms with Gasteiger partial charge in [0, 0.05) is 38.7 Å². The van der Waals surface area contributed by atoms with E-state index in [4.69, 9.17) is 28.4 Å². The molecule has 2 aromatic carbocycles. The molecule has 1 fully saturated rings. The highest BCUT2D eigenvalue weighted by atomic mass is 16.6. The number of esters is 4. The molecule has 0 radical (unpaired) electrons. The smallest absolute Gasteiger partial charge is 0.407 e. The molecular formula is C35H35NO11. The largest absolute Gasteiger partial charge is 0.456 e. The molecular weight excluding hydrogens is 610 g/mol. The van der Waals surface area contributed by atoms with Crippen LogP contribution in [0.5, 0.6) is 0 Å². The summed E-state index contributed by atoms with van der Waals surface area (Å²) in [5.74, 6) is -3.17. The molecule has 0 saturated carbocycles. The van der Waals surface area contributed by atoms with E-state index in [1.165, 1.54) is 26.8 Å². The summed E-state index contributed by atoms with van der Waals surface area (Å²) in [6.45, 7) is 3.44. The van der Waals surface area contributed by atoms with Crippen molar-refractivity contribution in [2.45, 2.75) is 69.7 Å². The van der Waals surface area contributed by atoms with Crippen LogP contribution in [-0.4, -0.2) is 79.7 Å². The molecule has 2 heterocycles. The second-order valence-electron chi connectivity index (χ2n) is 11.9. The van der Waals surface area contributed by atoms with Crippen molar-refractivity contribution in [1.82, 2.24) is 5.32 Å². The predicted octanol–water partition coefficient (Wildman–Crippen LogP) is 3.52. The van der Waals surface area contributed by atoms with Gasteiger partial charge in [0.25, 0.3) is 0 Å². The van der Waals surface area contributed by atoms with E-state index in [-0.39, 0.29) is 19.1 Å². The average molecular weight is 646 g/mol. The molecule has 6 rings (SSSR count). The van der Waals surface area contributed by atoms with Crippen LogP contribution in [0.4, 0.5) is 4.79 Å². The number of benzene rings is 2. The minimum atomic E-state index is -1.27. The molecule has 47 heavy (non-hydrogen) atoms. The monoisotopic (exact) mass is 645 g/mol. The van der Waals surface area contributed by atoms with Gasteiger partial charge in [0.2, 0.25) is 0 Å². The quantitative estimate of drug-likeness (QED) is 0.332. The van der Waals surface area contributed by atoms with Crippen LogP contribution in [0.3, 0.4) is 0 Å². The van der Waals surface area contributed by atoms with E-state index in [9.17, 15) is 24.0 Å². The maximum Gasteiger partial charge on any atom is 0.407 e. The van der Waals surface area contributed by atoms with E-state index < -0.39 is 72.5 Å². The first-order chi connectivity index (χ1) is 22.6. The van der Waals surface area contributed by atoms with Crippen LogP contribution in [0.1, 0.15) is 44.2 Å². The van der Waals surface area contributed by atoms with Gasteiger partial charge in [-0.1, -0.05) is 60.7 Å². The number of hydrogen-bond acceptors (Lipinski definition) is 11. The first-order valence-corrected chi connectivity index (χ1v) is 15.5. The summed E-state index contributed by atoms with van der Waals surface area (Å²) >= 11 is 0. The molecule has 1 saturated heterocycles. The molecule has 246 valence electrons.